The second-order valence-electron chi connectivity index (χ2n) is 6.24. The van der Waals surface area contributed by atoms with E-state index in [1.54, 1.807) is 18.4 Å². The van der Waals surface area contributed by atoms with Crippen LogP contribution in [0.4, 0.5) is 0 Å². The summed E-state index contributed by atoms with van der Waals surface area (Å²) in [6, 6.07) is 12.6. The first-order valence-electron chi connectivity index (χ1n) is 8.78. The van der Waals surface area contributed by atoms with Crippen LogP contribution in [0, 0.1) is 0 Å². The predicted octanol–water partition coefficient (Wildman–Crippen LogP) is 3.72. The first-order chi connectivity index (χ1) is 12.1. The number of ether oxygens (including phenoxy) is 1. The third kappa shape index (κ3) is 6.52. The average Bonchev–Trinajstić information content (AvgIpc) is 3.13. The van der Waals surface area contributed by atoms with Crippen LogP contribution in [0.25, 0.3) is 0 Å². The van der Waals surface area contributed by atoms with Crippen LogP contribution < -0.4 is 10.1 Å². The molecule has 0 aliphatic heterocycles. The average molecular weight is 361 g/mol. The second kappa shape index (κ2) is 10.2. The van der Waals surface area contributed by atoms with Crippen LogP contribution >= 0.6 is 11.3 Å². The summed E-state index contributed by atoms with van der Waals surface area (Å²) in [5, 5.41) is 5.08. The van der Waals surface area contributed by atoms with Crippen molar-refractivity contribution in [3.63, 3.8) is 0 Å². The van der Waals surface area contributed by atoms with Gasteiger partial charge in [0.15, 0.2) is 0 Å². The third-order valence-electron chi connectivity index (χ3n) is 4.16. The van der Waals surface area contributed by atoms with Gasteiger partial charge in [0, 0.05) is 24.0 Å². The number of hydrogen-bond acceptors (Lipinski definition) is 4. The first kappa shape index (κ1) is 19.5. The van der Waals surface area contributed by atoms with Crippen molar-refractivity contribution in [1.82, 2.24) is 10.2 Å². The van der Waals surface area contributed by atoms with Crippen molar-refractivity contribution >= 4 is 17.2 Å². The minimum Gasteiger partial charge on any atom is -0.497 e. The summed E-state index contributed by atoms with van der Waals surface area (Å²) in [6.45, 7) is 6.15. The summed E-state index contributed by atoms with van der Waals surface area (Å²) in [4.78, 5) is 15.8. The van der Waals surface area contributed by atoms with Crippen LogP contribution in [0.3, 0.4) is 0 Å². The fraction of sp³-hybridized carbons (Fsp3) is 0.450. The molecule has 0 saturated carbocycles. The largest absolute Gasteiger partial charge is 0.497 e. The monoisotopic (exact) mass is 360 g/mol. The van der Waals surface area contributed by atoms with E-state index in [4.69, 9.17) is 4.74 Å². The molecule has 2 rings (SSSR count). The summed E-state index contributed by atoms with van der Waals surface area (Å²) in [5.41, 5.74) is 1.18. The van der Waals surface area contributed by atoms with Gasteiger partial charge in [-0.05, 0) is 48.9 Å². The number of rotatable bonds is 10. The van der Waals surface area contributed by atoms with Crippen LogP contribution in [0.15, 0.2) is 41.8 Å². The zero-order valence-corrected chi connectivity index (χ0v) is 16.1. The van der Waals surface area contributed by atoms with Gasteiger partial charge in [-0.2, -0.15) is 0 Å². The maximum Gasteiger partial charge on any atom is 0.234 e. The molecule has 1 atom stereocenters. The van der Waals surface area contributed by atoms with E-state index < -0.39 is 0 Å². The van der Waals surface area contributed by atoms with Gasteiger partial charge in [-0.3, -0.25) is 9.69 Å². The Morgan fingerprint density at radius 2 is 2.04 bits per heavy atom. The summed E-state index contributed by atoms with van der Waals surface area (Å²) in [5.74, 6) is 0.941. The predicted molar refractivity (Wildman–Crippen MR) is 104 cm³/mol. The van der Waals surface area contributed by atoms with Gasteiger partial charge in [0.05, 0.1) is 13.7 Å². The Morgan fingerprint density at radius 3 is 2.64 bits per heavy atom. The smallest absolute Gasteiger partial charge is 0.234 e. The van der Waals surface area contributed by atoms with E-state index in [0.717, 1.165) is 31.7 Å². The minimum atomic E-state index is 0.0911. The summed E-state index contributed by atoms with van der Waals surface area (Å²) >= 11 is 1.77. The van der Waals surface area contributed by atoms with Gasteiger partial charge in [-0.15, -0.1) is 11.3 Å². The topological polar surface area (TPSA) is 41.6 Å². The number of amides is 1. The number of nitrogens with zero attached hydrogens (tertiary/aromatic N) is 1. The highest BCUT2D eigenvalue weighted by molar-refractivity contribution is 7.09. The van der Waals surface area contributed by atoms with E-state index in [-0.39, 0.29) is 11.9 Å². The minimum absolute atomic E-state index is 0.0911. The van der Waals surface area contributed by atoms with E-state index in [1.807, 2.05) is 12.1 Å². The number of carbonyl (C=O) groups is 1. The molecular weight excluding hydrogens is 332 g/mol. The number of thiophene rings is 1. The molecule has 1 aromatic carbocycles. The lowest BCUT2D eigenvalue weighted by Gasteiger charge is -2.28. The molecule has 0 aliphatic rings. The van der Waals surface area contributed by atoms with Crippen molar-refractivity contribution in [3.05, 3.63) is 52.2 Å². The number of benzene rings is 1. The normalized spacial score (nSPS) is 12.2. The Kier molecular flexibility index (Phi) is 7.95. The van der Waals surface area contributed by atoms with Crippen molar-refractivity contribution in [1.29, 1.82) is 0 Å². The lowest BCUT2D eigenvalue weighted by atomic mass is 10.1. The molecule has 5 heteroatoms. The molecule has 2 aromatic rings. The first-order valence-corrected chi connectivity index (χ1v) is 9.66. The number of hydrogen-bond donors (Lipinski definition) is 1. The number of carbonyl (C=O) groups excluding carboxylic acids is 1. The number of methoxy groups -OCH3 is 1. The summed E-state index contributed by atoms with van der Waals surface area (Å²) in [6.07, 6.45) is 1.91. The van der Waals surface area contributed by atoms with Crippen molar-refractivity contribution in [2.24, 2.45) is 0 Å². The van der Waals surface area contributed by atoms with Crippen molar-refractivity contribution in [2.75, 3.05) is 20.2 Å². The summed E-state index contributed by atoms with van der Waals surface area (Å²) < 4.78 is 5.22. The van der Waals surface area contributed by atoms with E-state index >= 15 is 0 Å². The molecule has 25 heavy (non-hydrogen) atoms. The van der Waals surface area contributed by atoms with Gasteiger partial charge in [-0.25, -0.2) is 0 Å². The molecule has 0 fully saturated rings. The summed E-state index contributed by atoms with van der Waals surface area (Å²) in [7, 11) is 1.67. The molecule has 1 N–H and O–H groups in total. The Balaban J connectivity index is 2.04. The third-order valence-corrected chi connectivity index (χ3v) is 5.06. The SMILES string of the molecule is CCCNC(=O)CN(Cc1ccc(OC)cc1)C(C)Cc1cccs1. The van der Waals surface area contributed by atoms with E-state index in [0.29, 0.717) is 6.54 Å². The maximum atomic E-state index is 12.2. The molecule has 136 valence electrons. The van der Waals surface area contributed by atoms with Crippen LogP contribution in [-0.2, 0) is 17.8 Å². The van der Waals surface area contributed by atoms with E-state index in [1.165, 1.54) is 10.4 Å². The van der Waals surface area contributed by atoms with Crippen LogP contribution in [0.1, 0.15) is 30.7 Å². The molecule has 0 saturated heterocycles. The molecule has 1 unspecified atom stereocenters. The van der Waals surface area contributed by atoms with Crippen LogP contribution in [0.2, 0.25) is 0 Å². The Morgan fingerprint density at radius 1 is 1.28 bits per heavy atom. The van der Waals surface area contributed by atoms with Gasteiger partial charge >= 0.3 is 0 Å². The Bertz CT molecular complexity index is 626. The molecule has 1 heterocycles. The van der Waals surface area contributed by atoms with Crippen LogP contribution in [0.5, 0.6) is 5.75 Å². The molecule has 0 radical (unpaired) electrons. The maximum absolute atomic E-state index is 12.2. The highest BCUT2D eigenvalue weighted by atomic mass is 32.1. The standard InChI is InChI=1S/C20H28N2O2S/c1-4-11-21-20(23)15-22(16(2)13-19-6-5-12-25-19)14-17-7-9-18(24-3)10-8-17/h5-10,12,16H,4,11,13-15H2,1-3H3,(H,21,23). The molecular formula is C20H28N2O2S. The van der Waals surface area contributed by atoms with Crippen molar-refractivity contribution in [2.45, 2.75) is 39.3 Å². The molecule has 4 nitrogen and oxygen atoms in total. The highest BCUT2D eigenvalue weighted by Crippen LogP contribution is 2.18. The van der Waals surface area contributed by atoms with Crippen LogP contribution in [-0.4, -0.2) is 37.0 Å². The van der Waals surface area contributed by atoms with Crippen molar-refractivity contribution < 1.29 is 9.53 Å². The van der Waals surface area contributed by atoms with Gasteiger partial charge < -0.3 is 10.1 Å². The molecule has 0 bridgehead atoms. The van der Waals surface area contributed by atoms with Gasteiger partial charge in [0.25, 0.3) is 0 Å². The molecule has 0 aliphatic carbocycles. The van der Waals surface area contributed by atoms with E-state index in [2.05, 4.69) is 53.7 Å². The highest BCUT2D eigenvalue weighted by Gasteiger charge is 2.18. The second-order valence-corrected chi connectivity index (χ2v) is 7.27. The quantitative estimate of drug-likeness (QED) is 0.702. The zero-order valence-electron chi connectivity index (χ0n) is 15.3. The Labute approximate surface area is 154 Å². The lowest BCUT2D eigenvalue weighted by molar-refractivity contribution is -0.122. The van der Waals surface area contributed by atoms with Gasteiger partial charge in [-0.1, -0.05) is 25.1 Å². The fourth-order valence-corrected chi connectivity index (χ4v) is 3.51. The molecule has 1 aromatic heterocycles. The zero-order chi connectivity index (χ0) is 18.1. The molecule has 0 spiro atoms. The Hall–Kier alpha value is -1.85. The number of nitrogens with one attached hydrogen (secondary N) is 1. The van der Waals surface area contributed by atoms with E-state index in [9.17, 15) is 4.79 Å². The lowest BCUT2D eigenvalue weighted by Crippen LogP contribution is -2.42. The van der Waals surface area contributed by atoms with Crippen molar-refractivity contribution in [3.8, 4) is 5.75 Å². The fourth-order valence-electron chi connectivity index (χ4n) is 2.69. The molecule has 1 amide bonds. The van der Waals surface area contributed by atoms with Gasteiger partial charge in [0.1, 0.15) is 5.75 Å². The van der Waals surface area contributed by atoms with Gasteiger partial charge in [0.2, 0.25) is 5.91 Å².